The number of anilines is 5. The van der Waals surface area contributed by atoms with E-state index >= 15 is 0 Å². The van der Waals surface area contributed by atoms with Gasteiger partial charge in [0.05, 0.1) is 17.8 Å². The van der Waals surface area contributed by atoms with Gasteiger partial charge in [-0.15, -0.1) is 0 Å². The number of carbonyl (C=O) groups is 1. The van der Waals surface area contributed by atoms with Crippen molar-refractivity contribution in [2.45, 2.75) is 6.92 Å². The molecule has 172 valence electrons. The zero-order valence-electron chi connectivity index (χ0n) is 17.8. The number of aliphatic hydroxyl groups is 1. The van der Waals surface area contributed by atoms with Gasteiger partial charge in [0, 0.05) is 35.7 Å². The molecule has 0 aliphatic carbocycles. The first kappa shape index (κ1) is 24.0. The number of aromatic nitrogens is 2. The van der Waals surface area contributed by atoms with Crippen molar-refractivity contribution in [2.75, 3.05) is 29.2 Å². The van der Waals surface area contributed by atoms with E-state index < -0.39 is 5.82 Å². The van der Waals surface area contributed by atoms with E-state index in [4.69, 9.17) is 21.4 Å². The number of nitrogens with one attached hydrogen (secondary N) is 3. The number of hydrogen-bond donors (Lipinski definition) is 4. The van der Waals surface area contributed by atoms with Gasteiger partial charge in [0.25, 0.3) is 0 Å². The average molecular weight is 472 g/mol. The van der Waals surface area contributed by atoms with Gasteiger partial charge in [0.15, 0.2) is 11.6 Å². The van der Waals surface area contributed by atoms with Gasteiger partial charge >= 0.3 is 0 Å². The van der Waals surface area contributed by atoms with Crippen molar-refractivity contribution in [2.24, 2.45) is 5.92 Å². The molecule has 10 heteroatoms. The Kier molecular flexibility index (Phi) is 8.17. The van der Waals surface area contributed by atoms with Crippen LogP contribution in [0.1, 0.15) is 6.92 Å². The van der Waals surface area contributed by atoms with Crippen LogP contribution < -0.4 is 20.7 Å². The fourth-order valence-corrected chi connectivity index (χ4v) is 2.80. The molecule has 0 saturated heterocycles. The number of nitrogens with zero attached hydrogens (tertiary/aromatic N) is 2. The third-order valence-electron chi connectivity index (χ3n) is 4.34. The third-order valence-corrected chi connectivity index (χ3v) is 4.66. The highest BCUT2D eigenvalue weighted by Crippen LogP contribution is 2.30. The van der Waals surface area contributed by atoms with Crippen LogP contribution in [0.15, 0.2) is 61.3 Å². The Bertz CT molecular complexity index is 1140. The minimum absolute atomic E-state index is 0.00170. The van der Waals surface area contributed by atoms with Gasteiger partial charge in [0.2, 0.25) is 11.9 Å². The predicted octanol–water partition coefficient (Wildman–Crippen LogP) is 4.89. The van der Waals surface area contributed by atoms with Crippen LogP contribution in [0.4, 0.5) is 33.2 Å². The lowest BCUT2D eigenvalue weighted by Gasteiger charge is -2.14. The van der Waals surface area contributed by atoms with Gasteiger partial charge in [-0.1, -0.05) is 31.2 Å². The molecule has 3 aromatic rings. The molecule has 0 aliphatic heterocycles. The summed E-state index contributed by atoms with van der Waals surface area (Å²) < 4.78 is 20.0. The maximum absolute atomic E-state index is 14.3. The lowest BCUT2D eigenvalue weighted by Crippen LogP contribution is -2.12. The molecule has 1 atom stereocenters. The van der Waals surface area contributed by atoms with Crippen LogP contribution in [0.5, 0.6) is 5.75 Å². The normalized spacial score (nSPS) is 11.4. The Morgan fingerprint density at radius 1 is 1.24 bits per heavy atom. The Labute approximate surface area is 195 Å². The predicted molar refractivity (Wildman–Crippen MR) is 127 cm³/mol. The number of ether oxygens (including phenoxy) is 1. The van der Waals surface area contributed by atoms with Crippen LogP contribution in [0.25, 0.3) is 0 Å². The minimum atomic E-state index is -0.654. The van der Waals surface area contributed by atoms with Gasteiger partial charge in [-0.25, -0.2) is 9.37 Å². The van der Waals surface area contributed by atoms with Crippen LogP contribution in [-0.2, 0) is 4.79 Å². The van der Waals surface area contributed by atoms with E-state index in [2.05, 4.69) is 32.5 Å². The SMILES string of the molecule is C=CC(=O)Nc1cccc(Nc2nc(Nc3ccc(Cl)c(OCC(C)CO)c3)ncc2F)c1. The standard InChI is InChI=1S/C23H23ClFN5O3/c1-3-21(32)27-15-5-4-6-16(9-15)28-22-19(25)11-26-23(30-22)29-17-7-8-18(24)20(10-17)33-13-14(2)12-31/h3-11,14,31H,1,12-13H2,2H3,(H,27,32)(H2,26,28,29,30). The zero-order valence-corrected chi connectivity index (χ0v) is 18.6. The van der Waals surface area contributed by atoms with Crippen molar-refractivity contribution in [3.63, 3.8) is 0 Å². The second-order valence-electron chi connectivity index (χ2n) is 7.16. The third kappa shape index (κ3) is 6.90. The van der Waals surface area contributed by atoms with E-state index in [0.717, 1.165) is 12.3 Å². The first-order valence-electron chi connectivity index (χ1n) is 10.0. The molecular formula is C23H23ClFN5O3. The van der Waals surface area contributed by atoms with Gasteiger partial charge in [-0.05, 0) is 36.4 Å². The van der Waals surface area contributed by atoms with Crippen LogP contribution in [0.3, 0.4) is 0 Å². The van der Waals surface area contributed by atoms with Gasteiger partial charge in [0.1, 0.15) is 5.75 Å². The summed E-state index contributed by atoms with van der Waals surface area (Å²) in [6.45, 7) is 5.55. The van der Waals surface area contributed by atoms with Gasteiger partial charge in [-0.3, -0.25) is 4.79 Å². The topological polar surface area (TPSA) is 108 Å². The molecule has 1 heterocycles. The number of hydrogen-bond acceptors (Lipinski definition) is 7. The van der Waals surface area contributed by atoms with Crippen LogP contribution >= 0.6 is 11.6 Å². The Balaban J connectivity index is 1.75. The molecule has 4 N–H and O–H groups in total. The first-order valence-corrected chi connectivity index (χ1v) is 10.4. The highest BCUT2D eigenvalue weighted by Gasteiger charge is 2.11. The van der Waals surface area contributed by atoms with Crippen molar-refractivity contribution >= 4 is 46.3 Å². The molecule has 0 bridgehead atoms. The van der Waals surface area contributed by atoms with Crippen molar-refractivity contribution in [3.05, 3.63) is 72.2 Å². The molecule has 3 rings (SSSR count). The minimum Gasteiger partial charge on any atom is -0.492 e. The van der Waals surface area contributed by atoms with Crippen molar-refractivity contribution in [1.29, 1.82) is 0 Å². The average Bonchev–Trinajstić information content (AvgIpc) is 2.81. The fraction of sp³-hybridized carbons (Fsp3) is 0.174. The number of aliphatic hydroxyl groups excluding tert-OH is 1. The maximum atomic E-state index is 14.3. The molecule has 33 heavy (non-hydrogen) atoms. The van der Waals surface area contributed by atoms with Gasteiger partial charge < -0.3 is 25.8 Å². The quantitative estimate of drug-likeness (QED) is 0.312. The van der Waals surface area contributed by atoms with E-state index in [1.165, 1.54) is 0 Å². The highest BCUT2D eigenvalue weighted by atomic mass is 35.5. The Hall–Kier alpha value is -3.69. The summed E-state index contributed by atoms with van der Waals surface area (Å²) in [4.78, 5) is 19.7. The van der Waals surface area contributed by atoms with E-state index in [1.54, 1.807) is 42.5 Å². The number of amides is 1. The summed E-state index contributed by atoms with van der Waals surface area (Å²) in [5.74, 6) is -0.534. The number of benzene rings is 2. The Morgan fingerprint density at radius 2 is 2.00 bits per heavy atom. The summed E-state index contributed by atoms with van der Waals surface area (Å²) in [5, 5.41) is 18.1. The first-order chi connectivity index (χ1) is 15.9. The summed E-state index contributed by atoms with van der Waals surface area (Å²) in [7, 11) is 0. The van der Waals surface area contributed by atoms with Crippen LogP contribution in [-0.4, -0.2) is 34.2 Å². The zero-order chi connectivity index (χ0) is 23.8. The van der Waals surface area contributed by atoms with Gasteiger partial charge in [-0.2, -0.15) is 4.98 Å². The summed E-state index contributed by atoms with van der Waals surface area (Å²) in [6.07, 6.45) is 2.19. The lowest BCUT2D eigenvalue weighted by molar-refractivity contribution is -0.111. The molecule has 0 saturated carbocycles. The molecule has 0 radical (unpaired) electrons. The fourth-order valence-electron chi connectivity index (χ4n) is 2.63. The molecule has 2 aromatic carbocycles. The molecule has 1 amide bonds. The summed E-state index contributed by atoms with van der Waals surface area (Å²) >= 11 is 6.18. The molecule has 0 aliphatic rings. The van der Waals surface area contributed by atoms with E-state index in [9.17, 15) is 9.18 Å². The van der Waals surface area contributed by atoms with E-state index in [0.29, 0.717) is 34.4 Å². The molecule has 8 nitrogen and oxygen atoms in total. The second kappa shape index (κ2) is 11.3. The lowest BCUT2D eigenvalue weighted by atomic mass is 10.2. The monoisotopic (exact) mass is 471 g/mol. The molecular weight excluding hydrogens is 449 g/mol. The Morgan fingerprint density at radius 3 is 2.76 bits per heavy atom. The van der Waals surface area contributed by atoms with E-state index in [1.807, 2.05) is 6.92 Å². The number of halogens is 2. The largest absolute Gasteiger partial charge is 0.492 e. The molecule has 1 unspecified atom stereocenters. The van der Waals surface area contributed by atoms with Crippen LogP contribution in [0.2, 0.25) is 5.02 Å². The molecule has 0 fully saturated rings. The highest BCUT2D eigenvalue weighted by molar-refractivity contribution is 6.32. The number of rotatable bonds is 10. The summed E-state index contributed by atoms with van der Waals surface area (Å²) in [6, 6.07) is 11.7. The number of carbonyl (C=O) groups excluding carboxylic acids is 1. The smallest absolute Gasteiger partial charge is 0.247 e. The molecule has 1 aromatic heterocycles. The van der Waals surface area contributed by atoms with Crippen molar-refractivity contribution in [3.8, 4) is 5.75 Å². The summed E-state index contributed by atoms with van der Waals surface area (Å²) in [5.41, 5.74) is 1.61. The van der Waals surface area contributed by atoms with Crippen molar-refractivity contribution < 1.29 is 19.0 Å². The van der Waals surface area contributed by atoms with Crippen molar-refractivity contribution in [1.82, 2.24) is 9.97 Å². The maximum Gasteiger partial charge on any atom is 0.247 e. The second-order valence-corrected chi connectivity index (χ2v) is 7.57. The van der Waals surface area contributed by atoms with E-state index in [-0.39, 0.29) is 30.2 Å². The van der Waals surface area contributed by atoms with Crippen LogP contribution in [0, 0.1) is 11.7 Å². The molecule has 0 spiro atoms.